The van der Waals surface area contributed by atoms with Crippen LogP contribution >= 0.6 is 0 Å². The molecule has 0 aliphatic carbocycles. The molecule has 2 rings (SSSR count). The monoisotopic (exact) mass is 291 g/mol. The van der Waals surface area contributed by atoms with Gasteiger partial charge in [-0.3, -0.25) is 0 Å². The molecule has 0 aromatic heterocycles. The summed E-state index contributed by atoms with van der Waals surface area (Å²) >= 11 is 0. The van der Waals surface area contributed by atoms with Gasteiger partial charge in [0.25, 0.3) is 0 Å². The number of benzene rings is 2. The van der Waals surface area contributed by atoms with E-state index in [1.54, 1.807) is 13.8 Å². The Morgan fingerprint density at radius 2 is 1.70 bits per heavy atom. The van der Waals surface area contributed by atoms with Crippen LogP contribution in [-0.2, 0) is 9.84 Å². The molecule has 0 heterocycles. The van der Waals surface area contributed by atoms with Crippen molar-refractivity contribution in [3.8, 4) is 0 Å². The molecule has 2 N–H and O–H groups in total. The summed E-state index contributed by atoms with van der Waals surface area (Å²) in [6, 6.07) is 11.4. The van der Waals surface area contributed by atoms with Crippen molar-refractivity contribution in [2.75, 3.05) is 6.26 Å². The number of nitrogens with two attached hydrogens (primary N) is 1. The van der Waals surface area contributed by atoms with Crippen LogP contribution in [0.4, 0.5) is 0 Å². The smallest absolute Gasteiger partial charge is 0.154 e. The molecule has 0 fully saturated rings. The molecule has 20 heavy (non-hydrogen) atoms. The Morgan fingerprint density at radius 3 is 2.30 bits per heavy atom. The van der Waals surface area contributed by atoms with Crippen molar-refractivity contribution in [1.29, 1.82) is 0 Å². The lowest BCUT2D eigenvalue weighted by Crippen LogP contribution is -2.42. The molecule has 3 nitrogen and oxygen atoms in total. The molecule has 1 unspecified atom stereocenters. The Hall–Kier alpha value is -1.39. The SMILES string of the molecule is Cc1ccc2ccccc2c1C(N)C(C)(C)S(C)(=O)=O. The van der Waals surface area contributed by atoms with Gasteiger partial charge in [0.15, 0.2) is 9.84 Å². The van der Waals surface area contributed by atoms with E-state index in [0.717, 1.165) is 21.9 Å². The predicted octanol–water partition coefficient (Wildman–Crippen LogP) is 2.97. The second kappa shape index (κ2) is 4.86. The molecular weight excluding hydrogens is 270 g/mol. The molecular formula is C16H21NO2S. The van der Waals surface area contributed by atoms with Crippen molar-refractivity contribution >= 4 is 20.6 Å². The van der Waals surface area contributed by atoms with E-state index in [2.05, 4.69) is 0 Å². The van der Waals surface area contributed by atoms with E-state index >= 15 is 0 Å². The number of rotatable bonds is 3. The van der Waals surface area contributed by atoms with Crippen molar-refractivity contribution in [1.82, 2.24) is 0 Å². The van der Waals surface area contributed by atoms with Crippen LogP contribution in [0.3, 0.4) is 0 Å². The van der Waals surface area contributed by atoms with E-state index in [4.69, 9.17) is 5.73 Å². The highest BCUT2D eigenvalue weighted by Crippen LogP contribution is 2.35. The molecule has 0 bridgehead atoms. The van der Waals surface area contributed by atoms with Gasteiger partial charge >= 0.3 is 0 Å². The maximum absolute atomic E-state index is 12.0. The van der Waals surface area contributed by atoms with Crippen LogP contribution in [-0.4, -0.2) is 19.4 Å². The molecule has 108 valence electrons. The van der Waals surface area contributed by atoms with Crippen LogP contribution in [0.5, 0.6) is 0 Å². The zero-order valence-corrected chi connectivity index (χ0v) is 13.2. The average molecular weight is 291 g/mol. The Morgan fingerprint density at radius 1 is 1.10 bits per heavy atom. The minimum Gasteiger partial charge on any atom is -0.323 e. The lowest BCUT2D eigenvalue weighted by molar-refractivity contribution is 0.497. The highest BCUT2D eigenvalue weighted by molar-refractivity contribution is 7.92. The summed E-state index contributed by atoms with van der Waals surface area (Å²) < 4.78 is 23.1. The lowest BCUT2D eigenvalue weighted by Gasteiger charge is -2.31. The van der Waals surface area contributed by atoms with Gasteiger partial charge in [-0.25, -0.2) is 8.42 Å². The summed E-state index contributed by atoms with van der Waals surface area (Å²) in [7, 11) is -3.26. The van der Waals surface area contributed by atoms with Crippen LogP contribution in [0.15, 0.2) is 36.4 Å². The molecule has 0 amide bonds. The second-order valence-corrected chi connectivity index (χ2v) is 8.47. The normalized spacial score (nSPS) is 14.4. The van der Waals surface area contributed by atoms with E-state index in [0.29, 0.717) is 0 Å². The first kappa shape index (κ1) is 15.0. The first-order chi connectivity index (χ1) is 9.16. The average Bonchev–Trinajstić information content (AvgIpc) is 2.36. The molecule has 0 spiro atoms. The van der Waals surface area contributed by atoms with E-state index in [-0.39, 0.29) is 0 Å². The standard InChI is InChI=1S/C16H21NO2S/c1-11-9-10-12-7-5-6-8-13(12)14(11)15(17)16(2,3)20(4,18)19/h5-10,15H,17H2,1-4H3. The zero-order valence-electron chi connectivity index (χ0n) is 12.3. The maximum Gasteiger partial charge on any atom is 0.154 e. The quantitative estimate of drug-likeness (QED) is 0.945. The van der Waals surface area contributed by atoms with Crippen LogP contribution < -0.4 is 5.73 Å². The van der Waals surface area contributed by atoms with Crippen LogP contribution in [0.1, 0.15) is 31.0 Å². The molecule has 4 heteroatoms. The number of hydrogen-bond acceptors (Lipinski definition) is 3. The molecule has 0 aliphatic heterocycles. The molecule has 1 atom stereocenters. The van der Waals surface area contributed by atoms with Gasteiger partial charge in [-0.05, 0) is 42.7 Å². The third-order valence-electron chi connectivity index (χ3n) is 4.20. The van der Waals surface area contributed by atoms with Crippen molar-refractivity contribution in [2.45, 2.75) is 31.6 Å². The maximum atomic E-state index is 12.0. The van der Waals surface area contributed by atoms with E-state index in [1.807, 2.05) is 43.3 Å². The molecule has 2 aromatic rings. The highest BCUT2D eigenvalue weighted by atomic mass is 32.2. The third kappa shape index (κ3) is 2.34. The van der Waals surface area contributed by atoms with Crippen LogP contribution in [0.25, 0.3) is 10.8 Å². The lowest BCUT2D eigenvalue weighted by atomic mass is 9.88. The van der Waals surface area contributed by atoms with Crippen LogP contribution in [0, 0.1) is 6.92 Å². The Balaban J connectivity index is 2.73. The van der Waals surface area contributed by atoms with E-state index in [9.17, 15) is 8.42 Å². The second-order valence-electron chi connectivity index (χ2n) is 5.87. The largest absolute Gasteiger partial charge is 0.323 e. The van der Waals surface area contributed by atoms with E-state index in [1.165, 1.54) is 6.26 Å². The van der Waals surface area contributed by atoms with Crippen molar-refractivity contribution in [3.63, 3.8) is 0 Å². The van der Waals surface area contributed by atoms with Gasteiger partial charge in [-0.2, -0.15) is 0 Å². The number of hydrogen-bond donors (Lipinski definition) is 1. The molecule has 0 saturated heterocycles. The van der Waals surface area contributed by atoms with Crippen molar-refractivity contribution < 1.29 is 8.42 Å². The van der Waals surface area contributed by atoms with Gasteiger partial charge in [-0.15, -0.1) is 0 Å². The van der Waals surface area contributed by atoms with Gasteiger partial charge in [0, 0.05) is 12.3 Å². The topological polar surface area (TPSA) is 60.2 Å². The zero-order chi connectivity index (χ0) is 15.1. The minimum atomic E-state index is -3.26. The summed E-state index contributed by atoms with van der Waals surface area (Å²) in [6.45, 7) is 5.35. The molecule has 0 saturated carbocycles. The van der Waals surface area contributed by atoms with Crippen molar-refractivity contribution in [3.05, 3.63) is 47.5 Å². The number of sulfone groups is 1. The fraction of sp³-hybridized carbons (Fsp3) is 0.375. The van der Waals surface area contributed by atoms with Gasteiger partial charge in [0.05, 0.1) is 4.75 Å². The number of aryl methyl sites for hydroxylation is 1. The molecule has 2 aromatic carbocycles. The summed E-state index contributed by atoms with van der Waals surface area (Å²) in [4.78, 5) is 0. The molecule has 0 aliphatic rings. The van der Waals surface area contributed by atoms with Gasteiger partial charge in [0.2, 0.25) is 0 Å². The van der Waals surface area contributed by atoms with Crippen LogP contribution in [0.2, 0.25) is 0 Å². The first-order valence-corrected chi connectivity index (χ1v) is 8.49. The number of fused-ring (bicyclic) bond motifs is 1. The van der Waals surface area contributed by atoms with Gasteiger partial charge in [-0.1, -0.05) is 36.4 Å². The summed E-state index contributed by atoms with van der Waals surface area (Å²) in [5.41, 5.74) is 8.28. The first-order valence-electron chi connectivity index (χ1n) is 6.59. The Bertz CT molecular complexity index is 748. The Kier molecular flexibility index (Phi) is 3.65. The Labute approximate surface area is 120 Å². The summed E-state index contributed by atoms with van der Waals surface area (Å²) in [5.74, 6) is 0. The summed E-state index contributed by atoms with van der Waals surface area (Å²) in [5, 5.41) is 2.10. The van der Waals surface area contributed by atoms with Gasteiger partial charge in [0.1, 0.15) is 0 Å². The fourth-order valence-corrected chi connectivity index (χ4v) is 2.97. The minimum absolute atomic E-state index is 0.566. The van der Waals surface area contributed by atoms with E-state index < -0.39 is 20.6 Å². The van der Waals surface area contributed by atoms with Gasteiger partial charge < -0.3 is 5.73 Å². The fourth-order valence-electron chi connectivity index (χ4n) is 2.40. The highest BCUT2D eigenvalue weighted by Gasteiger charge is 2.38. The predicted molar refractivity (Wildman–Crippen MR) is 84.5 cm³/mol. The van der Waals surface area contributed by atoms with Crippen molar-refractivity contribution in [2.24, 2.45) is 5.73 Å². The third-order valence-corrected chi connectivity index (χ3v) is 6.37. The molecule has 0 radical (unpaired) electrons. The summed E-state index contributed by atoms with van der Waals surface area (Å²) in [6.07, 6.45) is 1.24.